The van der Waals surface area contributed by atoms with Crippen molar-refractivity contribution in [3.8, 4) is 11.1 Å². The number of alkyl carbamates (subject to hydrolysis) is 1. The van der Waals surface area contributed by atoms with Crippen molar-refractivity contribution in [3.63, 3.8) is 0 Å². The standard InChI is InChI=1S/C23H25NO2S3/c1-23(2,3)26-22(25)24-15-18-11-13-21(29-18)28-17-10-12-19(20(14-17)27-4)16-8-6-5-7-9-16/h5-14H,15H2,1-4H3,(H,24,25). The van der Waals surface area contributed by atoms with Crippen LogP contribution in [0.25, 0.3) is 11.1 Å². The van der Waals surface area contributed by atoms with Gasteiger partial charge in [-0.05, 0) is 62.4 Å². The first-order valence-corrected chi connectivity index (χ1v) is 12.2. The first-order valence-electron chi connectivity index (χ1n) is 9.31. The maximum absolute atomic E-state index is 11.8. The summed E-state index contributed by atoms with van der Waals surface area (Å²) in [6.45, 7) is 6.05. The van der Waals surface area contributed by atoms with E-state index >= 15 is 0 Å². The third-order valence-electron chi connectivity index (χ3n) is 3.92. The van der Waals surface area contributed by atoms with E-state index in [4.69, 9.17) is 4.74 Å². The van der Waals surface area contributed by atoms with Gasteiger partial charge in [0.15, 0.2) is 0 Å². The maximum Gasteiger partial charge on any atom is 0.407 e. The average molecular weight is 444 g/mol. The number of rotatable bonds is 6. The van der Waals surface area contributed by atoms with E-state index in [1.807, 2.05) is 26.8 Å². The largest absolute Gasteiger partial charge is 0.444 e. The van der Waals surface area contributed by atoms with Crippen LogP contribution in [0.5, 0.6) is 0 Å². The smallest absolute Gasteiger partial charge is 0.407 e. The molecule has 0 radical (unpaired) electrons. The van der Waals surface area contributed by atoms with E-state index in [1.54, 1.807) is 34.9 Å². The van der Waals surface area contributed by atoms with E-state index in [9.17, 15) is 4.79 Å². The van der Waals surface area contributed by atoms with Crippen molar-refractivity contribution < 1.29 is 9.53 Å². The quantitative estimate of drug-likeness (QED) is 0.405. The lowest BCUT2D eigenvalue weighted by Crippen LogP contribution is -2.31. The Labute approximate surface area is 185 Å². The lowest BCUT2D eigenvalue weighted by Gasteiger charge is -2.19. The highest BCUT2D eigenvalue weighted by molar-refractivity contribution is 8.01. The molecule has 1 heterocycles. The summed E-state index contributed by atoms with van der Waals surface area (Å²) in [6, 6.07) is 21.2. The molecule has 3 aromatic rings. The van der Waals surface area contributed by atoms with Crippen molar-refractivity contribution in [1.82, 2.24) is 5.32 Å². The molecule has 0 saturated carbocycles. The minimum Gasteiger partial charge on any atom is -0.444 e. The SMILES string of the molecule is CSc1cc(Sc2ccc(CNC(=O)OC(C)(C)C)s2)ccc1-c1ccccc1. The zero-order chi connectivity index (χ0) is 20.9. The molecule has 0 aliphatic heterocycles. The molecule has 0 bridgehead atoms. The number of thioether (sulfide) groups is 1. The normalized spacial score (nSPS) is 11.3. The van der Waals surface area contributed by atoms with Gasteiger partial charge in [-0.2, -0.15) is 0 Å². The number of carbonyl (C=O) groups excluding carboxylic acids is 1. The number of nitrogens with one attached hydrogen (secondary N) is 1. The molecule has 0 aliphatic rings. The number of hydrogen-bond acceptors (Lipinski definition) is 5. The van der Waals surface area contributed by atoms with Gasteiger partial charge in [0.1, 0.15) is 5.60 Å². The molecular weight excluding hydrogens is 418 g/mol. The highest BCUT2D eigenvalue weighted by atomic mass is 32.2. The Morgan fingerprint density at radius 2 is 1.83 bits per heavy atom. The minimum atomic E-state index is -0.485. The monoisotopic (exact) mass is 443 g/mol. The van der Waals surface area contributed by atoms with Crippen LogP contribution in [0.1, 0.15) is 25.6 Å². The lowest BCUT2D eigenvalue weighted by molar-refractivity contribution is 0.0524. The number of ether oxygens (including phenoxy) is 1. The Morgan fingerprint density at radius 1 is 1.07 bits per heavy atom. The average Bonchev–Trinajstić information content (AvgIpc) is 3.13. The Balaban J connectivity index is 1.64. The van der Waals surface area contributed by atoms with Crippen LogP contribution in [0.15, 0.2) is 74.7 Å². The number of carbonyl (C=O) groups is 1. The Bertz CT molecular complexity index is 962. The number of amides is 1. The molecule has 2 aromatic carbocycles. The zero-order valence-electron chi connectivity index (χ0n) is 17.0. The summed E-state index contributed by atoms with van der Waals surface area (Å²) in [6.07, 6.45) is 1.73. The van der Waals surface area contributed by atoms with Crippen molar-refractivity contribution in [1.29, 1.82) is 0 Å². The molecular formula is C23H25NO2S3. The van der Waals surface area contributed by atoms with E-state index < -0.39 is 5.60 Å². The van der Waals surface area contributed by atoms with Gasteiger partial charge in [-0.3, -0.25) is 0 Å². The van der Waals surface area contributed by atoms with Crippen molar-refractivity contribution in [2.45, 2.75) is 46.9 Å². The summed E-state index contributed by atoms with van der Waals surface area (Å²) in [5.41, 5.74) is 2.01. The second-order valence-corrected chi connectivity index (χ2v) is 10.8. The van der Waals surface area contributed by atoms with Gasteiger partial charge in [0.05, 0.1) is 10.8 Å². The molecule has 1 aromatic heterocycles. The van der Waals surface area contributed by atoms with Gasteiger partial charge in [0.2, 0.25) is 0 Å². The van der Waals surface area contributed by atoms with Gasteiger partial charge in [-0.1, -0.05) is 48.2 Å². The number of hydrogen-bond donors (Lipinski definition) is 1. The molecule has 29 heavy (non-hydrogen) atoms. The highest BCUT2D eigenvalue weighted by Gasteiger charge is 2.16. The van der Waals surface area contributed by atoms with E-state index in [-0.39, 0.29) is 6.09 Å². The fourth-order valence-corrected chi connectivity index (χ4v) is 5.55. The summed E-state index contributed by atoms with van der Waals surface area (Å²) in [5, 5.41) is 2.81. The first-order chi connectivity index (χ1) is 13.8. The second kappa shape index (κ2) is 9.74. The van der Waals surface area contributed by atoms with Gasteiger partial charge < -0.3 is 10.1 Å². The fraction of sp³-hybridized carbons (Fsp3) is 0.261. The Hall–Kier alpha value is -1.89. The van der Waals surface area contributed by atoms with Crippen LogP contribution in [0.4, 0.5) is 4.79 Å². The predicted octanol–water partition coefficient (Wildman–Crippen LogP) is 7.31. The van der Waals surface area contributed by atoms with Crippen LogP contribution < -0.4 is 5.32 Å². The summed E-state index contributed by atoms with van der Waals surface area (Å²) in [5.74, 6) is 0. The van der Waals surface area contributed by atoms with Crippen LogP contribution in [0, 0.1) is 0 Å². The Morgan fingerprint density at radius 3 is 2.52 bits per heavy atom. The molecule has 0 atom stereocenters. The van der Waals surface area contributed by atoms with Crippen LogP contribution in [0.2, 0.25) is 0 Å². The number of thiophene rings is 1. The number of benzene rings is 2. The fourth-order valence-electron chi connectivity index (χ4n) is 2.69. The van der Waals surface area contributed by atoms with Gasteiger partial charge in [-0.15, -0.1) is 23.1 Å². The van der Waals surface area contributed by atoms with Crippen molar-refractivity contribution in [3.05, 3.63) is 65.5 Å². The van der Waals surface area contributed by atoms with Crippen LogP contribution in [-0.4, -0.2) is 18.0 Å². The molecule has 0 aliphatic carbocycles. The highest BCUT2D eigenvalue weighted by Crippen LogP contribution is 2.38. The molecule has 1 N–H and O–H groups in total. The van der Waals surface area contributed by atoms with Crippen LogP contribution in [0.3, 0.4) is 0 Å². The van der Waals surface area contributed by atoms with Crippen LogP contribution >= 0.6 is 34.9 Å². The molecule has 3 rings (SSSR count). The molecule has 1 amide bonds. The predicted molar refractivity (Wildman–Crippen MR) is 125 cm³/mol. The third kappa shape index (κ3) is 6.56. The third-order valence-corrected chi connectivity index (χ3v) is 6.90. The van der Waals surface area contributed by atoms with Crippen molar-refractivity contribution >= 4 is 41.0 Å². The van der Waals surface area contributed by atoms with Gasteiger partial charge in [0.25, 0.3) is 0 Å². The topological polar surface area (TPSA) is 38.3 Å². The summed E-state index contributed by atoms with van der Waals surface area (Å²) in [7, 11) is 0. The van der Waals surface area contributed by atoms with Gasteiger partial charge in [0, 0.05) is 14.7 Å². The summed E-state index contributed by atoms with van der Waals surface area (Å²) in [4.78, 5) is 15.4. The van der Waals surface area contributed by atoms with Gasteiger partial charge >= 0.3 is 6.09 Å². The molecule has 0 spiro atoms. The molecule has 152 valence electrons. The van der Waals surface area contributed by atoms with Crippen molar-refractivity contribution in [2.75, 3.05) is 6.26 Å². The molecule has 0 fully saturated rings. The van der Waals surface area contributed by atoms with Crippen molar-refractivity contribution in [2.24, 2.45) is 0 Å². The van der Waals surface area contributed by atoms with E-state index in [0.717, 1.165) is 4.88 Å². The lowest BCUT2D eigenvalue weighted by atomic mass is 10.1. The van der Waals surface area contributed by atoms with Gasteiger partial charge in [-0.25, -0.2) is 4.79 Å². The summed E-state index contributed by atoms with van der Waals surface area (Å²) >= 11 is 5.20. The molecule has 3 nitrogen and oxygen atoms in total. The second-order valence-electron chi connectivity index (χ2n) is 7.41. The van der Waals surface area contributed by atoms with E-state index in [1.165, 1.54) is 25.1 Å². The summed E-state index contributed by atoms with van der Waals surface area (Å²) < 4.78 is 6.48. The van der Waals surface area contributed by atoms with Crippen LogP contribution in [-0.2, 0) is 11.3 Å². The molecule has 6 heteroatoms. The minimum absolute atomic E-state index is 0.388. The van der Waals surface area contributed by atoms with E-state index in [2.05, 4.69) is 66.2 Å². The zero-order valence-corrected chi connectivity index (χ0v) is 19.5. The molecule has 0 saturated heterocycles. The Kier molecular flexibility index (Phi) is 7.33. The first kappa shape index (κ1) is 21.8. The maximum atomic E-state index is 11.8. The molecule has 0 unspecified atom stereocenters. The van der Waals surface area contributed by atoms with E-state index in [0.29, 0.717) is 6.54 Å².